The Kier molecular flexibility index (Phi) is 15.1. The summed E-state index contributed by atoms with van der Waals surface area (Å²) < 4.78 is 10.8. The van der Waals surface area contributed by atoms with E-state index in [4.69, 9.17) is 9.47 Å². The number of unbranched alkanes of at least 4 members (excludes halogenated alkanes) is 12. The molecule has 0 atom stereocenters. The van der Waals surface area contributed by atoms with E-state index < -0.39 is 0 Å². The van der Waals surface area contributed by atoms with Crippen LogP contribution in [-0.4, -0.2) is 21.9 Å². The fourth-order valence-electron chi connectivity index (χ4n) is 4.01. The molecule has 36 heavy (non-hydrogen) atoms. The molecule has 6 heteroatoms. The normalized spacial score (nSPS) is 10.8. The molecule has 0 bridgehead atoms. The van der Waals surface area contributed by atoms with Crippen molar-refractivity contribution in [3.63, 3.8) is 0 Å². The SMILES string of the molecule is CCCCCCCCCCC(=O)Oc1ccc(-c2ncc(OC(=O)CCCCCCCC)cn2)cc1. The lowest BCUT2D eigenvalue weighted by Crippen LogP contribution is -2.08. The van der Waals surface area contributed by atoms with Crippen molar-refractivity contribution in [2.24, 2.45) is 0 Å². The highest BCUT2D eigenvalue weighted by atomic mass is 16.5. The Morgan fingerprint density at radius 1 is 0.583 bits per heavy atom. The van der Waals surface area contributed by atoms with Crippen molar-refractivity contribution in [2.45, 2.75) is 117 Å². The first kappa shape index (κ1) is 29.5. The third-order valence-corrected chi connectivity index (χ3v) is 6.17. The number of aromatic nitrogens is 2. The molecule has 0 spiro atoms. The molecule has 2 rings (SSSR count). The van der Waals surface area contributed by atoms with Crippen molar-refractivity contribution in [2.75, 3.05) is 0 Å². The number of hydrogen-bond acceptors (Lipinski definition) is 6. The standard InChI is InChI=1S/C30H44N2O4/c1-3-5-7-9-11-12-14-16-17-28(33)35-26-21-19-25(20-22-26)30-31-23-27(24-32-30)36-29(34)18-15-13-10-8-6-4-2/h19-24H,3-18H2,1-2H3. The van der Waals surface area contributed by atoms with Gasteiger partial charge in [-0.05, 0) is 37.1 Å². The van der Waals surface area contributed by atoms with Crippen molar-refractivity contribution in [1.82, 2.24) is 9.97 Å². The molecule has 198 valence electrons. The monoisotopic (exact) mass is 496 g/mol. The first-order valence-electron chi connectivity index (χ1n) is 14.0. The molecular formula is C30H44N2O4. The van der Waals surface area contributed by atoms with Crippen LogP contribution in [0.2, 0.25) is 0 Å². The van der Waals surface area contributed by atoms with Gasteiger partial charge in [-0.15, -0.1) is 0 Å². The van der Waals surface area contributed by atoms with Crippen LogP contribution < -0.4 is 9.47 Å². The van der Waals surface area contributed by atoms with E-state index in [1.165, 1.54) is 70.2 Å². The van der Waals surface area contributed by atoms with Crippen molar-refractivity contribution >= 4 is 11.9 Å². The Hall–Kier alpha value is -2.76. The molecule has 1 aromatic heterocycles. The van der Waals surface area contributed by atoms with Gasteiger partial charge < -0.3 is 9.47 Å². The molecule has 2 aromatic rings. The summed E-state index contributed by atoms with van der Waals surface area (Å²) >= 11 is 0. The third-order valence-electron chi connectivity index (χ3n) is 6.17. The maximum Gasteiger partial charge on any atom is 0.311 e. The van der Waals surface area contributed by atoms with Crippen LogP contribution in [0.4, 0.5) is 0 Å². The molecule has 0 unspecified atom stereocenters. The fourth-order valence-corrected chi connectivity index (χ4v) is 4.01. The van der Waals surface area contributed by atoms with E-state index in [0.29, 0.717) is 30.2 Å². The second kappa shape index (κ2) is 18.5. The fraction of sp³-hybridized carbons (Fsp3) is 0.600. The third kappa shape index (κ3) is 12.8. The van der Waals surface area contributed by atoms with E-state index in [1.807, 2.05) is 12.1 Å². The van der Waals surface area contributed by atoms with Gasteiger partial charge in [0, 0.05) is 18.4 Å². The lowest BCUT2D eigenvalue weighted by atomic mass is 10.1. The maximum atomic E-state index is 12.1. The molecule has 0 saturated carbocycles. The van der Waals surface area contributed by atoms with Crippen LogP contribution >= 0.6 is 0 Å². The van der Waals surface area contributed by atoms with Gasteiger partial charge in [0.25, 0.3) is 0 Å². The quantitative estimate of drug-likeness (QED) is 0.111. The first-order chi connectivity index (χ1) is 17.6. The molecular weight excluding hydrogens is 452 g/mol. The Morgan fingerprint density at radius 2 is 1.00 bits per heavy atom. The largest absolute Gasteiger partial charge is 0.427 e. The minimum Gasteiger partial charge on any atom is -0.427 e. The van der Waals surface area contributed by atoms with Gasteiger partial charge >= 0.3 is 11.9 Å². The topological polar surface area (TPSA) is 78.4 Å². The van der Waals surface area contributed by atoms with Crippen LogP contribution in [0.25, 0.3) is 11.4 Å². The van der Waals surface area contributed by atoms with Gasteiger partial charge in [-0.25, -0.2) is 9.97 Å². The van der Waals surface area contributed by atoms with Gasteiger partial charge in [-0.3, -0.25) is 9.59 Å². The van der Waals surface area contributed by atoms with Crippen molar-refractivity contribution < 1.29 is 19.1 Å². The molecule has 0 radical (unpaired) electrons. The molecule has 0 saturated heterocycles. The zero-order valence-corrected chi connectivity index (χ0v) is 22.3. The Balaban J connectivity index is 1.67. The van der Waals surface area contributed by atoms with E-state index in [2.05, 4.69) is 23.8 Å². The first-order valence-corrected chi connectivity index (χ1v) is 14.0. The molecule has 0 fully saturated rings. The molecule has 1 aromatic carbocycles. The predicted octanol–water partition coefficient (Wildman–Crippen LogP) is 8.24. The van der Waals surface area contributed by atoms with Crippen LogP contribution in [0.3, 0.4) is 0 Å². The number of hydrogen-bond donors (Lipinski definition) is 0. The minimum atomic E-state index is -0.250. The van der Waals surface area contributed by atoms with Crippen LogP contribution in [-0.2, 0) is 9.59 Å². The summed E-state index contributed by atoms with van der Waals surface area (Å²) in [6.07, 6.45) is 20.2. The van der Waals surface area contributed by atoms with Crippen LogP contribution in [0.15, 0.2) is 36.7 Å². The van der Waals surface area contributed by atoms with Crippen molar-refractivity contribution in [3.8, 4) is 22.9 Å². The minimum absolute atomic E-state index is 0.197. The average molecular weight is 497 g/mol. The number of carbonyl (C=O) groups is 2. The summed E-state index contributed by atoms with van der Waals surface area (Å²) in [5.74, 6) is 0.935. The van der Waals surface area contributed by atoms with Gasteiger partial charge in [0.05, 0.1) is 12.4 Å². The van der Waals surface area contributed by atoms with E-state index in [-0.39, 0.29) is 11.9 Å². The molecule has 0 amide bonds. The van der Waals surface area contributed by atoms with Crippen molar-refractivity contribution in [3.05, 3.63) is 36.7 Å². The lowest BCUT2D eigenvalue weighted by Gasteiger charge is -2.07. The van der Waals surface area contributed by atoms with Crippen LogP contribution in [0, 0.1) is 0 Å². The molecule has 1 heterocycles. The summed E-state index contributed by atoms with van der Waals surface area (Å²) in [6.45, 7) is 4.42. The molecule has 0 aliphatic heterocycles. The van der Waals surface area contributed by atoms with Gasteiger partial charge in [0.2, 0.25) is 0 Å². The maximum absolute atomic E-state index is 12.1. The summed E-state index contributed by atoms with van der Waals surface area (Å²) in [6, 6.07) is 7.13. The highest BCUT2D eigenvalue weighted by Crippen LogP contribution is 2.21. The number of ether oxygens (including phenoxy) is 2. The van der Waals surface area contributed by atoms with E-state index in [9.17, 15) is 9.59 Å². The van der Waals surface area contributed by atoms with Crippen molar-refractivity contribution in [1.29, 1.82) is 0 Å². The second-order valence-electron chi connectivity index (χ2n) is 9.46. The van der Waals surface area contributed by atoms with E-state index in [1.54, 1.807) is 12.1 Å². The number of carbonyl (C=O) groups excluding carboxylic acids is 2. The summed E-state index contributed by atoms with van der Waals surface area (Å²) in [7, 11) is 0. The van der Waals surface area contributed by atoms with E-state index in [0.717, 1.165) is 37.7 Å². The summed E-state index contributed by atoms with van der Waals surface area (Å²) in [5.41, 5.74) is 0.794. The molecule has 0 N–H and O–H groups in total. The molecule has 0 aliphatic carbocycles. The summed E-state index contributed by atoms with van der Waals surface area (Å²) in [4.78, 5) is 32.7. The second-order valence-corrected chi connectivity index (χ2v) is 9.46. The summed E-state index contributed by atoms with van der Waals surface area (Å²) in [5, 5.41) is 0. The lowest BCUT2D eigenvalue weighted by molar-refractivity contribution is -0.135. The predicted molar refractivity (Wildman–Crippen MR) is 144 cm³/mol. The zero-order chi connectivity index (χ0) is 25.8. The van der Waals surface area contributed by atoms with E-state index >= 15 is 0 Å². The van der Waals surface area contributed by atoms with Gasteiger partial charge in [-0.2, -0.15) is 0 Å². The Labute approximate surface area is 217 Å². The van der Waals surface area contributed by atoms with Gasteiger partial charge in [0.1, 0.15) is 5.75 Å². The number of benzene rings is 1. The Bertz CT molecular complexity index is 866. The highest BCUT2D eigenvalue weighted by molar-refractivity contribution is 5.73. The van der Waals surface area contributed by atoms with Crippen LogP contribution in [0.1, 0.15) is 117 Å². The molecule has 0 aliphatic rings. The van der Waals surface area contributed by atoms with Gasteiger partial charge in [0.15, 0.2) is 11.6 Å². The zero-order valence-electron chi connectivity index (χ0n) is 22.3. The Morgan fingerprint density at radius 3 is 1.47 bits per heavy atom. The van der Waals surface area contributed by atoms with Crippen LogP contribution in [0.5, 0.6) is 11.5 Å². The van der Waals surface area contributed by atoms with Gasteiger partial charge in [-0.1, -0.05) is 90.9 Å². The average Bonchev–Trinajstić information content (AvgIpc) is 2.88. The highest BCUT2D eigenvalue weighted by Gasteiger charge is 2.09. The smallest absolute Gasteiger partial charge is 0.311 e. The number of esters is 2. The number of rotatable bonds is 19. The number of nitrogens with zero attached hydrogens (tertiary/aromatic N) is 2. The molecule has 6 nitrogen and oxygen atoms in total.